The molecule has 5 heterocycles. The Bertz CT molecular complexity index is 1640. The molecule has 0 radical (unpaired) electrons. The van der Waals surface area contributed by atoms with Gasteiger partial charge >= 0.3 is 0 Å². The summed E-state index contributed by atoms with van der Waals surface area (Å²) < 4.78 is 7.75. The molecule has 6 rings (SSSR count). The van der Waals surface area contributed by atoms with Gasteiger partial charge in [-0.1, -0.05) is 6.58 Å². The minimum atomic E-state index is -0.0890. The number of hydrogen-bond donors (Lipinski definition) is 1. The summed E-state index contributed by atoms with van der Waals surface area (Å²) >= 11 is 0. The molecule has 1 aliphatic heterocycles. The highest BCUT2D eigenvalue weighted by molar-refractivity contribution is 6.06. The van der Waals surface area contributed by atoms with Crippen molar-refractivity contribution in [3.05, 3.63) is 79.0 Å². The molecule has 1 N–H and O–H groups in total. The lowest BCUT2D eigenvalue weighted by Crippen LogP contribution is -2.37. The fourth-order valence-corrected chi connectivity index (χ4v) is 4.21. The van der Waals surface area contributed by atoms with E-state index in [-0.39, 0.29) is 5.91 Å². The first-order valence-corrected chi connectivity index (χ1v) is 11.5. The van der Waals surface area contributed by atoms with E-state index >= 15 is 0 Å². The second-order valence-corrected chi connectivity index (χ2v) is 8.56. The standard InChI is InChI=1S/C26H22N8O2/c1-16-4-3-10-33(26(16)35)22-8-6-20-24(32-22)25(29-14-27-20)31-18-5-7-21(17(2)12-18)36-19-9-11-34-23(13-19)28-15-30-34/h5-9,11-15H,1,3-4,10H2,2H3,(H,27,29,31). The van der Waals surface area contributed by atoms with Crippen molar-refractivity contribution < 1.29 is 9.53 Å². The highest BCUT2D eigenvalue weighted by Crippen LogP contribution is 2.31. The number of carbonyl (C=O) groups excluding carboxylic acids is 1. The molecule has 36 heavy (non-hydrogen) atoms. The van der Waals surface area contributed by atoms with Crippen molar-refractivity contribution in [3.63, 3.8) is 0 Å². The van der Waals surface area contributed by atoms with Crippen LogP contribution in [-0.4, -0.2) is 42.0 Å². The highest BCUT2D eigenvalue weighted by atomic mass is 16.5. The number of rotatable bonds is 5. The molecule has 10 heteroatoms. The van der Waals surface area contributed by atoms with Gasteiger partial charge in [-0.25, -0.2) is 24.5 Å². The summed E-state index contributed by atoms with van der Waals surface area (Å²) in [4.78, 5) is 31.9. The summed E-state index contributed by atoms with van der Waals surface area (Å²) in [5.41, 5.74) is 4.33. The molecule has 0 saturated carbocycles. The second kappa shape index (κ2) is 8.73. The van der Waals surface area contributed by atoms with Crippen LogP contribution in [-0.2, 0) is 4.79 Å². The first-order chi connectivity index (χ1) is 17.5. The molecule has 0 spiro atoms. The van der Waals surface area contributed by atoms with Crippen molar-refractivity contribution in [2.75, 3.05) is 16.8 Å². The van der Waals surface area contributed by atoms with Crippen molar-refractivity contribution in [2.24, 2.45) is 0 Å². The minimum absolute atomic E-state index is 0.0890. The number of ether oxygens (including phenoxy) is 1. The third-order valence-electron chi connectivity index (χ3n) is 6.07. The average molecular weight is 479 g/mol. The number of nitrogens with one attached hydrogen (secondary N) is 1. The maximum atomic E-state index is 12.6. The largest absolute Gasteiger partial charge is 0.457 e. The molecule has 4 aromatic heterocycles. The molecule has 0 atom stereocenters. The molecule has 0 bridgehead atoms. The van der Waals surface area contributed by atoms with E-state index in [1.807, 2.05) is 49.4 Å². The van der Waals surface area contributed by atoms with E-state index in [0.717, 1.165) is 23.4 Å². The summed E-state index contributed by atoms with van der Waals surface area (Å²) in [6, 6.07) is 13.1. The third kappa shape index (κ3) is 3.98. The van der Waals surface area contributed by atoms with Crippen LogP contribution in [0.2, 0.25) is 0 Å². The molecule has 1 fully saturated rings. The molecule has 178 valence electrons. The molecular weight excluding hydrogens is 456 g/mol. The Balaban J connectivity index is 1.27. The summed E-state index contributed by atoms with van der Waals surface area (Å²) in [6.07, 6.45) is 6.37. The maximum absolute atomic E-state index is 12.6. The van der Waals surface area contributed by atoms with E-state index in [2.05, 4.69) is 31.9 Å². The Labute approximate surface area is 206 Å². The zero-order chi connectivity index (χ0) is 24.6. The Morgan fingerprint density at radius 2 is 1.97 bits per heavy atom. The number of hydrogen-bond acceptors (Lipinski definition) is 8. The Hall–Kier alpha value is -4.86. The monoisotopic (exact) mass is 478 g/mol. The molecule has 5 aromatic rings. The zero-order valence-electron chi connectivity index (χ0n) is 19.5. The molecule has 1 aromatic carbocycles. The van der Waals surface area contributed by atoms with Crippen LogP contribution >= 0.6 is 0 Å². The van der Waals surface area contributed by atoms with Gasteiger partial charge in [0.15, 0.2) is 11.5 Å². The molecule has 0 aliphatic carbocycles. The van der Waals surface area contributed by atoms with Gasteiger partial charge in [-0.3, -0.25) is 9.69 Å². The molecule has 1 saturated heterocycles. The summed E-state index contributed by atoms with van der Waals surface area (Å²) in [5, 5.41) is 7.44. The maximum Gasteiger partial charge on any atom is 0.254 e. The van der Waals surface area contributed by atoms with Crippen LogP contribution in [0.1, 0.15) is 18.4 Å². The van der Waals surface area contributed by atoms with E-state index in [9.17, 15) is 4.79 Å². The fourth-order valence-electron chi connectivity index (χ4n) is 4.21. The molecular formula is C26H22N8O2. The first-order valence-electron chi connectivity index (χ1n) is 11.5. The number of piperidine rings is 1. The van der Waals surface area contributed by atoms with Gasteiger partial charge in [0.05, 0.1) is 5.52 Å². The smallest absolute Gasteiger partial charge is 0.254 e. The summed E-state index contributed by atoms with van der Waals surface area (Å²) in [5.74, 6) is 2.43. The zero-order valence-corrected chi connectivity index (χ0v) is 19.5. The number of amides is 1. The van der Waals surface area contributed by atoms with Crippen LogP contribution in [0, 0.1) is 6.92 Å². The number of aromatic nitrogens is 6. The quantitative estimate of drug-likeness (QED) is 0.365. The Kier molecular flexibility index (Phi) is 5.25. The number of aryl methyl sites for hydroxylation is 1. The molecule has 1 aliphatic rings. The van der Waals surface area contributed by atoms with Gasteiger partial charge in [0.2, 0.25) is 0 Å². The van der Waals surface area contributed by atoms with E-state index in [4.69, 9.17) is 9.72 Å². The highest BCUT2D eigenvalue weighted by Gasteiger charge is 2.24. The third-order valence-corrected chi connectivity index (χ3v) is 6.07. The van der Waals surface area contributed by atoms with Crippen molar-refractivity contribution in [2.45, 2.75) is 19.8 Å². The van der Waals surface area contributed by atoms with Crippen LogP contribution in [0.25, 0.3) is 16.7 Å². The van der Waals surface area contributed by atoms with Crippen molar-refractivity contribution in [1.29, 1.82) is 0 Å². The lowest BCUT2D eigenvalue weighted by atomic mass is 10.1. The van der Waals surface area contributed by atoms with Crippen LogP contribution in [0.15, 0.2) is 73.5 Å². The van der Waals surface area contributed by atoms with Gasteiger partial charge in [0.1, 0.15) is 35.5 Å². The Morgan fingerprint density at radius 3 is 2.86 bits per heavy atom. The van der Waals surface area contributed by atoms with Crippen molar-refractivity contribution >= 4 is 39.9 Å². The summed E-state index contributed by atoms with van der Waals surface area (Å²) in [6.45, 7) is 6.47. The number of carbonyl (C=O) groups is 1. The SMILES string of the molecule is C=C1CCCN(c2ccc3ncnc(Nc4ccc(Oc5ccn6ncnc6c5)c(C)c4)c3n2)C1=O. The van der Waals surface area contributed by atoms with Gasteiger partial charge in [-0.15, -0.1) is 0 Å². The molecule has 1 amide bonds. The number of pyridine rings is 2. The molecule has 0 unspecified atom stereocenters. The lowest BCUT2D eigenvalue weighted by molar-refractivity contribution is -0.115. The van der Waals surface area contributed by atoms with Crippen molar-refractivity contribution in [3.8, 4) is 11.5 Å². The number of anilines is 3. The predicted octanol–water partition coefficient (Wildman–Crippen LogP) is 4.59. The van der Waals surface area contributed by atoms with E-state index in [1.54, 1.807) is 15.6 Å². The van der Waals surface area contributed by atoms with Gasteiger partial charge in [0.25, 0.3) is 5.91 Å². The van der Waals surface area contributed by atoms with Gasteiger partial charge in [-0.2, -0.15) is 5.10 Å². The molecule has 10 nitrogen and oxygen atoms in total. The number of benzene rings is 1. The first kappa shape index (κ1) is 21.7. The van der Waals surface area contributed by atoms with Crippen LogP contribution < -0.4 is 15.0 Å². The van der Waals surface area contributed by atoms with Crippen LogP contribution in [0.5, 0.6) is 11.5 Å². The predicted molar refractivity (Wildman–Crippen MR) is 136 cm³/mol. The second-order valence-electron chi connectivity index (χ2n) is 8.56. The van der Waals surface area contributed by atoms with Crippen molar-refractivity contribution in [1.82, 2.24) is 29.5 Å². The van der Waals surface area contributed by atoms with Crippen LogP contribution in [0.4, 0.5) is 17.3 Å². The van der Waals surface area contributed by atoms with Gasteiger partial charge < -0.3 is 10.1 Å². The average Bonchev–Trinajstić information content (AvgIpc) is 3.35. The van der Waals surface area contributed by atoms with Gasteiger partial charge in [-0.05, 0) is 61.7 Å². The number of fused-ring (bicyclic) bond motifs is 2. The number of nitrogens with zero attached hydrogens (tertiary/aromatic N) is 7. The van der Waals surface area contributed by atoms with E-state index < -0.39 is 0 Å². The Morgan fingerprint density at radius 1 is 1.06 bits per heavy atom. The van der Waals surface area contributed by atoms with E-state index in [0.29, 0.717) is 52.6 Å². The summed E-state index contributed by atoms with van der Waals surface area (Å²) in [7, 11) is 0. The fraction of sp³-hybridized carbons (Fsp3) is 0.154. The van der Waals surface area contributed by atoms with Crippen LogP contribution in [0.3, 0.4) is 0 Å². The minimum Gasteiger partial charge on any atom is -0.457 e. The topological polar surface area (TPSA) is 110 Å². The normalized spacial score (nSPS) is 14.0. The van der Waals surface area contributed by atoms with E-state index in [1.165, 1.54) is 12.7 Å². The van der Waals surface area contributed by atoms with Gasteiger partial charge in [0, 0.05) is 30.1 Å². The lowest BCUT2D eigenvalue weighted by Gasteiger charge is -2.27.